The van der Waals surface area contributed by atoms with Gasteiger partial charge in [-0.15, -0.1) is 11.3 Å². The van der Waals surface area contributed by atoms with Gasteiger partial charge in [0.05, 0.1) is 23.8 Å². The molecule has 2 aromatic heterocycles. The fourth-order valence-corrected chi connectivity index (χ4v) is 3.27. The van der Waals surface area contributed by atoms with Crippen molar-refractivity contribution in [1.29, 1.82) is 0 Å². The number of carbonyl (C=O) groups is 2. The minimum Gasteiger partial charge on any atom is -0.465 e. The molecular weight excluding hydrogens is 330 g/mol. The van der Waals surface area contributed by atoms with Crippen molar-refractivity contribution in [2.75, 3.05) is 12.4 Å². The number of nitrogens with zero attached hydrogens (tertiary/aromatic N) is 2. The first kappa shape index (κ1) is 16.0. The Morgan fingerprint density at radius 1 is 1.21 bits per heavy atom. The Bertz CT molecular complexity index is 983. The molecule has 0 saturated heterocycles. The predicted molar refractivity (Wildman–Crippen MR) is 91.5 cm³/mol. The van der Waals surface area contributed by atoms with Crippen LogP contribution in [-0.2, 0) is 23.1 Å². The number of thiophene rings is 1. The molecule has 124 valence electrons. The van der Waals surface area contributed by atoms with E-state index in [1.54, 1.807) is 24.6 Å². The highest BCUT2D eigenvalue weighted by atomic mass is 32.1. The second-order valence-corrected chi connectivity index (χ2v) is 6.04. The van der Waals surface area contributed by atoms with E-state index in [1.807, 2.05) is 18.2 Å². The van der Waals surface area contributed by atoms with Gasteiger partial charge in [-0.3, -0.25) is 13.9 Å². The second-order valence-electron chi connectivity index (χ2n) is 5.12. The summed E-state index contributed by atoms with van der Waals surface area (Å²) in [5, 5.41) is 4.34. The highest BCUT2D eigenvalue weighted by Gasteiger charge is 2.17. The van der Waals surface area contributed by atoms with Crippen LogP contribution in [0.15, 0.2) is 40.5 Å². The molecule has 0 spiro atoms. The van der Waals surface area contributed by atoms with Crippen LogP contribution in [0, 0.1) is 0 Å². The number of nitrogens with one attached hydrogen (secondary N) is 1. The molecule has 0 aliphatic rings. The van der Waals surface area contributed by atoms with Crippen LogP contribution in [0.25, 0.3) is 11.0 Å². The number of carbonyl (C=O) groups excluding carboxylic acids is 2. The summed E-state index contributed by atoms with van der Waals surface area (Å²) in [6.07, 6.45) is 0. The molecule has 2 heterocycles. The number of benzene rings is 1. The second kappa shape index (κ2) is 6.32. The largest absolute Gasteiger partial charge is 0.465 e. The predicted octanol–water partition coefficient (Wildman–Crippen LogP) is 1.83. The van der Waals surface area contributed by atoms with Gasteiger partial charge in [-0.2, -0.15) is 0 Å². The number of aryl methyl sites for hydroxylation is 1. The Morgan fingerprint density at radius 3 is 2.62 bits per heavy atom. The first-order valence-electron chi connectivity index (χ1n) is 7.13. The Kier molecular flexibility index (Phi) is 4.22. The lowest BCUT2D eigenvalue weighted by atomic mass is 10.3. The van der Waals surface area contributed by atoms with Crippen molar-refractivity contribution in [2.24, 2.45) is 7.05 Å². The molecule has 0 fully saturated rings. The van der Waals surface area contributed by atoms with E-state index in [1.165, 1.54) is 27.6 Å². The molecule has 8 heteroatoms. The van der Waals surface area contributed by atoms with Crippen LogP contribution < -0.4 is 11.0 Å². The van der Waals surface area contributed by atoms with Crippen LogP contribution in [0.3, 0.4) is 0 Å². The SMILES string of the molecule is COC(=O)c1sccc1NC(=O)Cn1c(=O)n(C)c2ccccc21. The zero-order valence-corrected chi connectivity index (χ0v) is 13.9. The number of hydrogen-bond donors (Lipinski definition) is 1. The minimum atomic E-state index is -0.511. The molecule has 0 unspecified atom stereocenters. The molecule has 1 N–H and O–H groups in total. The van der Waals surface area contributed by atoms with Gasteiger partial charge in [0.1, 0.15) is 11.4 Å². The molecule has 0 radical (unpaired) electrons. The number of aromatic nitrogens is 2. The van der Waals surface area contributed by atoms with Crippen molar-refractivity contribution in [3.05, 3.63) is 51.1 Å². The van der Waals surface area contributed by atoms with Gasteiger partial charge in [-0.25, -0.2) is 9.59 Å². The van der Waals surface area contributed by atoms with Crippen molar-refractivity contribution in [1.82, 2.24) is 9.13 Å². The maximum atomic E-state index is 12.3. The van der Waals surface area contributed by atoms with Crippen LogP contribution in [0.2, 0.25) is 0 Å². The normalized spacial score (nSPS) is 10.8. The summed E-state index contributed by atoms with van der Waals surface area (Å²) in [6, 6.07) is 8.87. The summed E-state index contributed by atoms with van der Waals surface area (Å²) in [7, 11) is 2.94. The number of fused-ring (bicyclic) bond motifs is 1. The molecule has 7 nitrogen and oxygen atoms in total. The Labute approximate surface area is 141 Å². The number of hydrogen-bond acceptors (Lipinski definition) is 5. The molecule has 0 aliphatic carbocycles. The summed E-state index contributed by atoms with van der Waals surface area (Å²) in [5.74, 6) is -0.903. The summed E-state index contributed by atoms with van der Waals surface area (Å²) in [5.41, 5.74) is 1.54. The lowest BCUT2D eigenvalue weighted by Gasteiger charge is -2.06. The van der Waals surface area contributed by atoms with E-state index >= 15 is 0 Å². The standard InChI is InChI=1S/C16H15N3O4S/c1-18-11-5-3-4-6-12(11)19(16(18)22)9-13(20)17-10-7-8-24-14(10)15(21)23-2/h3-8H,9H2,1-2H3,(H,17,20). The summed E-state index contributed by atoms with van der Waals surface area (Å²) in [6.45, 7) is -0.142. The van der Waals surface area contributed by atoms with Gasteiger partial charge in [0.2, 0.25) is 5.91 Å². The van der Waals surface area contributed by atoms with Gasteiger partial charge >= 0.3 is 11.7 Å². The fourth-order valence-electron chi connectivity index (χ4n) is 2.51. The van der Waals surface area contributed by atoms with Crippen molar-refractivity contribution >= 4 is 39.9 Å². The average Bonchev–Trinajstić information content (AvgIpc) is 3.13. The monoisotopic (exact) mass is 345 g/mol. The number of imidazole rings is 1. The van der Waals surface area contributed by atoms with E-state index < -0.39 is 11.9 Å². The first-order valence-corrected chi connectivity index (χ1v) is 8.01. The number of amides is 1. The number of rotatable bonds is 4. The van der Waals surface area contributed by atoms with Gasteiger partial charge in [-0.1, -0.05) is 12.1 Å². The van der Waals surface area contributed by atoms with Crippen LogP contribution in [0.5, 0.6) is 0 Å². The highest BCUT2D eigenvalue weighted by molar-refractivity contribution is 7.12. The number of ether oxygens (including phenoxy) is 1. The Hall–Kier alpha value is -2.87. The zero-order valence-electron chi connectivity index (χ0n) is 13.1. The third-order valence-electron chi connectivity index (χ3n) is 3.66. The number of esters is 1. The van der Waals surface area contributed by atoms with Crippen LogP contribution in [-0.4, -0.2) is 28.1 Å². The van der Waals surface area contributed by atoms with Crippen molar-refractivity contribution in [3.63, 3.8) is 0 Å². The van der Waals surface area contributed by atoms with E-state index in [9.17, 15) is 14.4 Å². The van der Waals surface area contributed by atoms with Crippen LogP contribution in [0.1, 0.15) is 9.67 Å². The topological polar surface area (TPSA) is 82.3 Å². The lowest BCUT2D eigenvalue weighted by molar-refractivity contribution is -0.116. The van der Waals surface area contributed by atoms with Crippen LogP contribution >= 0.6 is 11.3 Å². The molecule has 0 saturated carbocycles. The third-order valence-corrected chi connectivity index (χ3v) is 4.56. The summed E-state index contributed by atoms with van der Waals surface area (Å²) >= 11 is 1.18. The molecular formula is C16H15N3O4S. The fraction of sp³-hybridized carbons (Fsp3) is 0.188. The van der Waals surface area contributed by atoms with E-state index in [0.717, 1.165) is 5.52 Å². The third kappa shape index (κ3) is 2.71. The Balaban J connectivity index is 1.87. The molecule has 24 heavy (non-hydrogen) atoms. The van der Waals surface area contributed by atoms with Gasteiger partial charge in [0.15, 0.2) is 0 Å². The molecule has 3 rings (SSSR count). The van der Waals surface area contributed by atoms with Gasteiger partial charge in [0, 0.05) is 7.05 Å². The Morgan fingerprint density at radius 2 is 1.92 bits per heavy atom. The first-order chi connectivity index (χ1) is 11.5. The van der Waals surface area contributed by atoms with Gasteiger partial charge in [0.25, 0.3) is 0 Å². The van der Waals surface area contributed by atoms with Crippen molar-refractivity contribution in [3.8, 4) is 0 Å². The van der Waals surface area contributed by atoms with E-state index in [0.29, 0.717) is 16.1 Å². The smallest absolute Gasteiger partial charge is 0.350 e. The van der Waals surface area contributed by atoms with Crippen molar-refractivity contribution < 1.29 is 14.3 Å². The average molecular weight is 345 g/mol. The zero-order chi connectivity index (χ0) is 17.3. The maximum Gasteiger partial charge on any atom is 0.350 e. The molecule has 3 aromatic rings. The van der Waals surface area contributed by atoms with Gasteiger partial charge in [-0.05, 0) is 23.6 Å². The summed E-state index contributed by atoms with van der Waals surface area (Å²) in [4.78, 5) is 36.6. The molecule has 1 aromatic carbocycles. The van der Waals surface area contributed by atoms with Crippen LogP contribution in [0.4, 0.5) is 5.69 Å². The van der Waals surface area contributed by atoms with E-state index in [2.05, 4.69) is 10.1 Å². The number of para-hydroxylation sites is 2. The van der Waals surface area contributed by atoms with Crippen molar-refractivity contribution in [2.45, 2.75) is 6.54 Å². The quantitative estimate of drug-likeness (QED) is 0.731. The summed E-state index contributed by atoms with van der Waals surface area (Å²) < 4.78 is 7.57. The lowest BCUT2D eigenvalue weighted by Crippen LogP contribution is -2.28. The van der Waals surface area contributed by atoms with Gasteiger partial charge < -0.3 is 10.1 Å². The maximum absolute atomic E-state index is 12.3. The van der Waals surface area contributed by atoms with E-state index in [4.69, 9.17) is 0 Å². The minimum absolute atomic E-state index is 0.142. The number of anilines is 1. The molecule has 1 amide bonds. The number of methoxy groups -OCH3 is 1. The van der Waals surface area contributed by atoms with E-state index in [-0.39, 0.29) is 12.2 Å². The highest BCUT2D eigenvalue weighted by Crippen LogP contribution is 2.23. The molecule has 0 aliphatic heterocycles. The molecule has 0 atom stereocenters. The molecule has 0 bridgehead atoms.